The minimum Gasteiger partial charge on any atom is -0.462 e. The molecule has 1 rings (SSSR count). The molecule has 0 fully saturated rings. The molecule has 1 heterocycles. The Hall–Kier alpha value is -1.84. The highest BCUT2D eigenvalue weighted by atomic mass is 16.5. The quantitative estimate of drug-likeness (QED) is 0.733. The Labute approximate surface area is 81.2 Å². The van der Waals surface area contributed by atoms with E-state index < -0.39 is 11.5 Å². The Morgan fingerprint density at radius 2 is 2.43 bits per heavy atom. The van der Waals surface area contributed by atoms with Crippen LogP contribution in [0.5, 0.6) is 0 Å². The lowest BCUT2D eigenvalue weighted by Crippen LogP contribution is -2.19. The van der Waals surface area contributed by atoms with Crippen LogP contribution in [-0.2, 0) is 4.74 Å². The van der Waals surface area contributed by atoms with Crippen molar-refractivity contribution in [3.05, 3.63) is 40.3 Å². The van der Waals surface area contributed by atoms with Gasteiger partial charge in [0.25, 0.3) is 5.56 Å². The number of aromatic amines is 1. The zero-order chi connectivity index (χ0) is 10.6. The summed E-state index contributed by atoms with van der Waals surface area (Å²) < 4.78 is 4.72. The molecule has 0 saturated carbocycles. The van der Waals surface area contributed by atoms with Crippen LogP contribution in [0.25, 0.3) is 6.08 Å². The molecule has 0 spiro atoms. The topological polar surface area (TPSA) is 59.2 Å². The monoisotopic (exact) mass is 193 g/mol. The van der Waals surface area contributed by atoms with Crippen LogP contribution in [0.2, 0.25) is 0 Å². The van der Waals surface area contributed by atoms with Crippen LogP contribution in [0.1, 0.15) is 22.8 Å². The molecule has 74 valence electrons. The number of H-pyrrole nitrogens is 1. The number of nitrogens with one attached hydrogen (secondary N) is 1. The molecular formula is C10H11NO3. The first-order chi connectivity index (χ1) is 6.69. The van der Waals surface area contributed by atoms with Crippen molar-refractivity contribution in [2.24, 2.45) is 0 Å². The number of esters is 1. The highest BCUT2D eigenvalue weighted by Gasteiger charge is 2.11. The number of carbonyl (C=O) groups excluding carboxylic acids is 1. The van der Waals surface area contributed by atoms with E-state index >= 15 is 0 Å². The fraction of sp³-hybridized carbons (Fsp3) is 0.200. The fourth-order valence-corrected chi connectivity index (χ4v) is 0.979. The standard InChI is InChI=1S/C10H11NO3/c1-3-7-5-8(9(12)11-6-7)10(13)14-4-2/h3,5-6H,1,4H2,2H3,(H,11,12). The predicted molar refractivity (Wildman–Crippen MR) is 53.1 cm³/mol. The van der Waals surface area contributed by atoms with Gasteiger partial charge in [0.15, 0.2) is 0 Å². The third-order valence-electron chi connectivity index (χ3n) is 1.66. The number of rotatable bonds is 3. The van der Waals surface area contributed by atoms with Crippen molar-refractivity contribution in [3.63, 3.8) is 0 Å². The lowest BCUT2D eigenvalue weighted by Gasteiger charge is -2.01. The van der Waals surface area contributed by atoms with Gasteiger partial charge in [-0.2, -0.15) is 0 Å². The molecule has 0 atom stereocenters. The summed E-state index contributed by atoms with van der Waals surface area (Å²) in [5.74, 6) is -0.613. The van der Waals surface area contributed by atoms with Gasteiger partial charge >= 0.3 is 5.97 Å². The second kappa shape index (κ2) is 4.41. The van der Waals surface area contributed by atoms with Gasteiger partial charge in [-0.05, 0) is 18.6 Å². The fourth-order valence-electron chi connectivity index (χ4n) is 0.979. The van der Waals surface area contributed by atoms with Gasteiger partial charge in [0.1, 0.15) is 5.56 Å². The van der Waals surface area contributed by atoms with E-state index in [0.717, 1.165) is 0 Å². The Bertz CT molecular complexity index is 406. The van der Waals surface area contributed by atoms with Crippen molar-refractivity contribution in [2.75, 3.05) is 6.61 Å². The Morgan fingerprint density at radius 1 is 1.71 bits per heavy atom. The predicted octanol–water partition coefficient (Wildman–Crippen LogP) is 1.19. The molecule has 0 aromatic carbocycles. The summed E-state index contributed by atoms with van der Waals surface area (Å²) in [4.78, 5) is 24.9. The van der Waals surface area contributed by atoms with Gasteiger partial charge in [-0.1, -0.05) is 12.7 Å². The van der Waals surface area contributed by atoms with Crippen molar-refractivity contribution in [2.45, 2.75) is 6.92 Å². The van der Waals surface area contributed by atoms with Crippen LogP contribution in [0, 0.1) is 0 Å². The molecule has 0 amide bonds. The van der Waals surface area contributed by atoms with E-state index in [9.17, 15) is 9.59 Å². The van der Waals surface area contributed by atoms with E-state index in [1.54, 1.807) is 13.0 Å². The largest absolute Gasteiger partial charge is 0.462 e. The number of ether oxygens (including phenoxy) is 1. The van der Waals surface area contributed by atoms with Gasteiger partial charge in [-0.3, -0.25) is 4.79 Å². The molecule has 1 aromatic rings. The Kier molecular flexibility index (Phi) is 3.23. The summed E-state index contributed by atoms with van der Waals surface area (Å²) in [5.41, 5.74) is 0.228. The van der Waals surface area contributed by atoms with E-state index in [2.05, 4.69) is 11.6 Å². The smallest absolute Gasteiger partial charge is 0.343 e. The van der Waals surface area contributed by atoms with Crippen LogP contribution >= 0.6 is 0 Å². The second-order valence-electron chi connectivity index (χ2n) is 2.60. The maximum atomic E-state index is 11.3. The molecule has 0 aliphatic carbocycles. The third-order valence-corrected chi connectivity index (χ3v) is 1.66. The summed E-state index contributed by atoms with van der Waals surface area (Å²) in [6, 6.07) is 1.45. The van der Waals surface area contributed by atoms with E-state index in [4.69, 9.17) is 4.74 Å². The lowest BCUT2D eigenvalue weighted by atomic mass is 10.2. The maximum Gasteiger partial charge on any atom is 0.343 e. The van der Waals surface area contributed by atoms with Crippen LogP contribution < -0.4 is 5.56 Å². The van der Waals surface area contributed by atoms with E-state index in [1.807, 2.05) is 0 Å². The lowest BCUT2D eigenvalue weighted by molar-refractivity contribution is 0.0524. The minimum atomic E-state index is -0.613. The van der Waals surface area contributed by atoms with Crippen molar-refractivity contribution >= 4 is 12.0 Å². The van der Waals surface area contributed by atoms with Gasteiger partial charge in [0, 0.05) is 6.20 Å². The van der Waals surface area contributed by atoms with Crippen LogP contribution in [-0.4, -0.2) is 17.6 Å². The summed E-state index contributed by atoms with van der Waals surface area (Å²) in [6.07, 6.45) is 3.02. The summed E-state index contributed by atoms with van der Waals surface area (Å²) in [7, 11) is 0. The van der Waals surface area contributed by atoms with Crippen molar-refractivity contribution in [3.8, 4) is 0 Å². The molecule has 0 aliphatic heterocycles. The van der Waals surface area contributed by atoms with E-state index in [0.29, 0.717) is 5.56 Å². The second-order valence-corrected chi connectivity index (χ2v) is 2.60. The number of carbonyl (C=O) groups is 1. The van der Waals surface area contributed by atoms with Crippen molar-refractivity contribution < 1.29 is 9.53 Å². The zero-order valence-electron chi connectivity index (χ0n) is 7.87. The molecule has 0 radical (unpaired) electrons. The number of hydrogen-bond donors (Lipinski definition) is 1. The van der Waals surface area contributed by atoms with Crippen LogP contribution in [0.3, 0.4) is 0 Å². The Morgan fingerprint density at radius 3 is 3.00 bits per heavy atom. The summed E-state index contributed by atoms with van der Waals surface area (Å²) in [5, 5.41) is 0. The van der Waals surface area contributed by atoms with Crippen LogP contribution in [0.4, 0.5) is 0 Å². The number of hydrogen-bond acceptors (Lipinski definition) is 3. The van der Waals surface area contributed by atoms with Crippen LogP contribution in [0.15, 0.2) is 23.6 Å². The molecule has 14 heavy (non-hydrogen) atoms. The highest BCUT2D eigenvalue weighted by Crippen LogP contribution is 2.01. The first-order valence-electron chi connectivity index (χ1n) is 4.21. The van der Waals surface area contributed by atoms with Gasteiger partial charge in [-0.15, -0.1) is 0 Å². The first-order valence-corrected chi connectivity index (χ1v) is 4.21. The van der Waals surface area contributed by atoms with E-state index in [1.165, 1.54) is 12.3 Å². The highest BCUT2D eigenvalue weighted by molar-refractivity contribution is 5.89. The molecule has 4 nitrogen and oxygen atoms in total. The van der Waals surface area contributed by atoms with Gasteiger partial charge in [-0.25, -0.2) is 4.79 Å². The third kappa shape index (κ3) is 2.10. The van der Waals surface area contributed by atoms with Crippen molar-refractivity contribution in [1.29, 1.82) is 0 Å². The van der Waals surface area contributed by atoms with E-state index in [-0.39, 0.29) is 12.2 Å². The number of aromatic nitrogens is 1. The molecule has 0 unspecified atom stereocenters. The first kappa shape index (κ1) is 10.2. The molecule has 0 bridgehead atoms. The Balaban J connectivity index is 3.12. The number of pyridine rings is 1. The van der Waals surface area contributed by atoms with Crippen molar-refractivity contribution in [1.82, 2.24) is 4.98 Å². The van der Waals surface area contributed by atoms with Gasteiger partial charge < -0.3 is 9.72 Å². The normalized spacial score (nSPS) is 9.50. The SMILES string of the molecule is C=Cc1c[nH]c(=O)c(C(=O)OCC)c1. The molecular weight excluding hydrogens is 182 g/mol. The average molecular weight is 193 g/mol. The molecule has 1 aromatic heterocycles. The molecule has 1 N–H and O–H groups in total. The zero-order valence-corrected chi connectivity index (χ0v) is 7.87. The maximum absolute atomic E-state index is 11.3. The molecule has 0 aliphatic rings. The minimum absolute atomic E-state index is 0.00394. The summed E-state index contributed by atoms with van der Waals surface area (Å²) >= 11 is 0. The molecule has 0 saturated heterocycles. The average Bonchev–Trinajstić information content (AvgIpc) is 2.19. The van der Waals surface area contributed by atoms with Gasteiger partial charge in [0.2, 0.25) is 0 Å². The molecule has 4 heteroatoms. The summed E-state index contributed by atoms with van der Waals surface area (Å²) in [6.45, 7) is 5.46. The van der Waals surface area contributed by atoms with Gasteiger partial charge in [0.05, 0.1) is 6.61 Å².